The standard InChI is InChI=1S/C11H11N5O4/c17-9(6-15-3-1-2-12-11(15)20)14-8-4-13-16(5-8)7-10(18)19/h1-5H,6-7H2,(H,14,17)(H,18,19). The molecule has 9 nitrogen and oxygen atoms in total. The smallest absolute Gasteiger partial charge is 0.347 e. The van der Waals surface area contributed by atoms with Gasteiger partial charge in [-0.05, 0) is 6.07 Å². The van der Waals surface area contributed by atoms with Crippen molar-refractivity contribution in [3.05, 3.63) is 41.3 Å². The molecule has 20 heavy (non-hydrogen) atoms. The highest BCUT2D eigenvalue weighted by Crippen LogP contribution is 2.04. The molecule has 0 unspecified atom stereocenters. The number of carboxylic acid groups (broad SMARTS) is 1. The first-order valence-electron chi connectivity index (χ1n) is 5.60. The van der Waals surface area contributed by atoms with E-state index in [1.807, 2.05) is 0 Å². The number of nitrogens with zero attached hydrogens (tertiary/aromatic N) is 4. The molecule has 9 heteroatoms. The van der Waals surface area contributed by atoms with E-state index in [9.17, 15) is 14.4 Å². The lowest BCUT2D eigenvalue weighted by Gasteiger charge is -2.04. The van der Waals surface area contributed by atoms with Crippen molar-refractivity contribution in [1.29, 1.82) is 0 Å². The molecule has 0 radical (unpaired) electrons. The summed E-state index contributed by atoms with van der Waals surface area (Å²) in [6, 6.07) is 1.54. The first-order chi connectivity index (χ1) is 9.54. The summed E-state index contributed by atoms with van der Waals surface area (Å²) in [5.74, 6) is -1.47. The van der Waals surface area contributed by atoms with Crippen molar-refractivity contribution in [2.75, 3.05) is 5.32 Å². The van der Waals surface area contributed by atoms with Crippen molar-refractivity contribution >= 4 is 17.6 Å². The van der Waals surface area contributed by atoms with Crippen LogP contribution in [-0.4, -0.2) is 36.3 Å². The lowest BCUT2D eigenvalue weighted by molar-refractivity contribution is -0.137. The number of aliphatic carboxylic acids is 1. The number of hydrogen-bond donors (Lipinski definition) is 2. The summed E-state index contributed by atoms with van der Waals surface area (Å²) in [5, 5.41) is 14.9. The minimum absolute atomic E-state index is 0.184. The van der Waals surface area contributed by atoms with Crippen LogP contribution < -0.4 is 11.0 Å². The van der Waals surface area contributed by atoms with Crippen molar-refractivity contribution in [3.63, 3.8) is 0 Å². The molecule has 0 aliphatic carbocycles. The highest BCUT2D eigenvalue weighted by Gasteiger charge is 2.07. The number of amides is 1. The Morgan fingerprint density at radius 1 is 1.35 bits per heavy atom. The van der Waals surface area contributed by atoms with Crippen molar-refractivity contribution < 1.29 is 14.7 Å². The van der Waals surface area contributed by atoms with Gasteiger partial charge in [-0.1, -0.05) is 0 Å². The molecule has 2 N–H and O–H groups in total. The van der Waals surface area contributed by atoms with E-state index in [4.69, 9.17) is 5.11 Å². The van der Waals surface area contributed by atoms with Gasteiger partial charge in [-0.15, -0.1) is 0 Å². The number of carbonyl (C=O) groups excluding carboxylic acids is 1. The van der Waals surface area contributed by atoms with Crippen molar-refractivity contribution in [2.45, 2.75) is 13.1 Å². The second-order valence-electron chi connectivity index (χ2n) is 3.90. The molecule has 0 spiro atoms. The molecule has 0 aliphatic rings. The average molecular weight is 277 g/mol. The molecule has 0 aromatic carbocycles. The Morgan fingerprint density at radius 3 is 2.85 bits per heavy atom. The van der Waals surface area contributed by atoms with Gasteiger partial charge in [0.25, 0.3) is 0 Å². The van der Waals surface area contributed by atoms with Crippen LogP contribution in [0.4, 0.5) is 5.69 Å². The molecular weight excluding hydrogens is 266 g/mol. The number of aromatic nitrogens is 4. The van der Waals surface area contributed by atoms with Gasteiger partial charge in [0.15, 0.2) is 0 Å². The van der Waals surface area contributed by atoms with Crippen molar-refractivity contribution in [1.82, 2.24) is 19.3 Å². The summed E-state index contributed by atoms with van der Waals surface area (Å²) in [7, 11) is 0. The maximum absolute atomic E-state index is 11.7. The van der Waals surface area contributed by atoms with Crippen LogP contribution in [0.3, 0.4) is 0 Å². The number of hydrogen-bond acceptors (Lipinski definition) is 5. The highest BCUT2D eigenvalue weighted by molar-refractivity contribution is 5.90. The number of rotatable bonds is 5. The number of nitrogens with one attached hydrogen (secondary N) is 1. The summed E-state index contributed by atoms with van der Waals surface area (Å²) < 4.78 is 2.32. The Balaban J connectivity index is 1.98. The molecular formula is C11H11N5O4. The summed E-state index contributed by atoms with van der Waals surface area (Å²) in [6.45, 7) is -0.477. The van der Waals surface area contributed by atoms with E-state index in [2.05, 4.69) is 15.4 Å². The topological polar surface area (TPSA) is 119 Å². The fourth-order valence-corrected chi connectivity index (χ4v) is 1.52. The number of carboxylic acids is 1. The highest BCUT2D eigenvalue weighted by atomic mass is 16.4. The van der Waals surface area contributed by atoms with Crippen LogP contribution in [0.2, 0.25) is 0 Å². The van der Waals surface area contributed by atoms with Crippen LogP contribution in [-0.2, 0) is 22.7 Å². The molecule has 104 valence electrons. The van der Waals surface area contributed by atoms with E-state index in [1.54, 1.807) is 6.07 Å². The molecule has 0 bridgehead atoms. The van der Waals surface area contributed by atoms with Gasteiger partial charge in [0.1, 0.15) is 13.1 Å². The monoisotopic (exact) mass is 277 g/mol. The quantitative estimate of drug-likeness (QED) is 0.735. The Morgan fingerprint density at radius 2 is 2.15 bits per heavy atom. The Labute approximate surface area is 112 Å². The Kier molecular flexibility index (Phi) is 3.89. The fourth-order valence-electron chi connectivity index (χ4n) is 1.52. The fraction of sp³-hybridized carbons (Fsp3) is 0.182. The van der Waals surface area contributed by atoms with Crippen LogP contribution in [0.25, 0.3) is 0 Å². The van der Waals surface area contributed by atoms with Gasteiger partial charge in [0.2, 0.25) is 5.91 Å². The van der Waals surface area contributed by atoms with E-state index >= 15 is 0 Å². The molecule has 2 aromatic heterocycles. The van der Waals surface area contributed by atoms with Crippen molar-refractivity contribution in [2.24, 2.45) is 0 Å². The van der Waals surface area contributed by atoms with E-state index in [-0.39, 0.29) is 13.1 Å². The third-order valence-electron chi connectivity index (χ3n) is 2.31. The van der Waals surface area contributed by atoms with Crippen LogP contribution in [0.1, 0.15) is 0 Å². The SMILES string of the molecule is O=C(O)Cn1cc(NC(=O)Cn2cccnc2=O)cn1. The summed E-state index contributed by atoms with van der Waals surface area (Å²) >= 11 is 0. The zero-order chi connectivity index (χ0) is 14.5. The first kappa shape index (κ1) is 13.5. The maximum Gasteiger partial charge on any atom is 0.347 e. The van der Waals surface area contributed by atoms with Gasteiger partial charge in [-0.25, -0.2) is 9.78 Å². The summed E-state index contributed by atoms with van der Waals surface area (Å²) in [6.07, 6.45) is 5.50. The average Bonchev–Trinajstić information content (AvgIpc) is 2.78. The third kappa shape index (κ3) is 3.51. The zero-order valence-corrected chi connectivity index (χ0v) is 10.3. The number of anilines is 1. The summed E-state index contributed by atoms with van der Waals surface area (Å²) in [5.41, 5.74) is -0.169. The van der Waals surface area contributed by atoms with E-state index in [1.165, 1.54) is 29.5 Å². The van der Waals surface area contributed by atoms with Crippen LogP contribution in [0, 0.1) is 0 Å². The maximum atomic E-state index is 11.7. The van der Waals surface area contributed by atoms with Gasteiger partial charge in [-0.3, -0.25) is 18.8 Å². The molecule has 0 saturated carbocycles. The second kappa shape index (κ2) is 5.78. The normalized spacial score (nSPS) is 10.2. The van der Waals surface area contributed by atoms with Gasteiger partial charge in [0.05, 0.1) is 11.9 Å². The first-order valence-corrected chi connectivity index (χ1v) is 5.60. The largest absolute Gasteiger partial charge is 0.480 e. The van der Waals surface area contributed by atoms with Crippen LogP contribution in [0.5, 0.6) is 0 Å². The van der Waals surface area contributed by atoms with Gasteiger partial charge < -0.3 is 10.4 Å². The predicted octanol–water partition coefficient (Wildman–Crippen LogP) is -0.837. The van der Waals surface area contributed by atoms with Crippen LogP contribution in [0.15, 0.2) is 35.6 Å². The van der Waals surface area contributed by atoms with Gasteiger partial charge in [0, 0.05) is 18.6 Å². The summed E-state index contributed by atoms with van der Waals surface area (Å²) in [4.78, 5) is 37.0. The molecule has 2 aromatic rings. The van der Waals surface area contributed by atoms with Gasteiger partial charge in [-0.2, -0.15) is 5.10 Å². The third-order valence-corrected chi connectivity index (χ3v) is 2.31. The molecule has 0 saturated heterocycles. The van der Waals surface area contributed by atoms with Gasteiger partial charge >= 0.3 is 11.7 Å². The Hall–Kier alpha value is -2.97. The molecule has 2 rings (SSSR count). The Bertz CT molecular complexity index is 690. The van der Waals surface area contributed by atoms with Crippen molar-refractivity contribution in [3.8, 4) is 0 Å². The molecule has 0 atom stereocenters. The van der Waals surface area contributed by atoms with E-state index in [0.29, 0.717) is 5.69 Å². The lowest BCUT2D eigenvalue weighted by Crippen LogP contribution is -2.28. The minimum Gasteiger partial charge on any atom is -0.480 e. The zero-order valence-electron chi connectivity index (χ0n) is 10.3. The predicted molar refractivity (Wildman–Crippen MR) is 67.0 cm³/mol. The molecule has 1 amide bonds. The van der Waals surface area contributed by atoms with E-state index < -0.39 is 17.6 Å². The van der Waals surface area contributed by atoms with Crippen LogP contribution >= 0.6 is 0 Å². The molecule has 0 aliphatic heterocycles. The molecule has 2 heterocycles. The number of carbonyl (C=O) groups is 2. The minimum atomic E-state index is -1.03. The molecule has 0 fully saturated rings. The van der Waals surface area contributed by atoms with E-state index in [0.717, 1.165) is 4.57 Å². The second-order valence-corrected chi connectivity index (χ2v) is 3.90. The lowest BCUT2D eigenvalue weighted by atomic mass is 10.5.